The Labute approximate surface area is 116 Å². The Bertz CT molecular complexity index is 480. The molecular weight excluding hydrogens is 265 g/mol. The third-order valence-electron chi connectivity index (χ3n) is 3.35. The number of rotatable bonds is 4. The van der Waals surface area contributed by atoms with Crippen molar-refractivity contribution in [3.8, 4) is 5.75 Å². The second kappa shape index (κ2) is 6.67. The van der Waals surface area contributed by atoms with Gasteiger partial charge in [-0.1, -0.05) is 0 Å². The van der Waals surface area contributed by atoms with Crippen molar-refractivity contribution in [2.24, 2.45) is 5.92 Å². The lowest BCUT2D eigenvalue weighted by Crippen LogP contribution is -2.33. The van der Waals surface area contributed by atoms with Crippen molar-refractivity contribution in [2.45, 2.75) is 6.54 Å². The largest absolute Gasteiger partial charge is 0.497 e. The van der Waals surface area contributed by atoms with Crippen LogP contribution < -0.4 is 4.74 Å². The lowest BCUT2D eigenvalue weighted by molar-refractivity contribution is -0.143. The fourth-order valence-corrected chi connectivity index (χ4v) is 2.21. The summed E-state index contributed by atoms with van der Waals surface area (Å²) in [5, 5.41) is 9.08. The number of benzene rings is 1. The normalized spacial score (nSPS) is 20.4. The van der Waals surface area contributed by atoms with Gasteiger partial charge in [-0.2, -0.15) is 0 Å². The minimum atomic E-state index is -0.886. The Kier molecular flexibility index (Phi) is 4.92. The van der Waals surface area contributed by atoms with Crippen LogP contribution in [0.5, 0.6) is 5.75 Å². The number of nitrogens with zero attached hydrogens (tertiary/aromatic N) is 1. The summed E-state index contributed by atoms with van der Waals surface area (Å²) in [4.78, 5) is 13.0. The van der Waals surface area contributed by atoms with Crippen molar-refractivity contribution in [1.82, 2.24) is 4.90 Å². The van der Waals surface area contributed by atoms with Crippen LogP contribution >= 0.6 is 0 Å². The maximum absolute atomic E-state index is 13.8. The number of hydrogen-bond acceptors (Lipinski definition) is 4. The molecule has 0 aliphatic carbocycles. The molecule has 1 heterocycles. The van der Waals surface area contributed by atoms with Gasteiger partial charge in [-0.15, -0.1) is 0 Å². The summed E-state index contributed by atoms with van der Waals surface area (Å²) < 4.78 is 24.1. The van der Waals surface area contributed by atoms with Crippen LogP contribution in [0.1, 0.15) is 5.56 Å². The molecule has 1 fully saturated rings. The predicted octanol–water partition coefficient (Wildman–Crippen LogP) is 1.37. The summed E-state index contributed by atoms with van der Waals surface area (Å²) in [6, 6.07) is 4.55. The molecule has 0 saturated carbocycles. The minimum Gasteiger partial charge on any atom is -0.497 e. The van der Waals surface area contributed by atoms with Gasteiger partial charge in [0.2, 0.25) is 0 Å². The Balaban J connectivity index is 2.09. The number of methoxy groups -OCH3 is 1. The van der Waals surface area contributed by atoms with Crippen molar-refractivity contribution in [3.05, 3.63) is 29.6 Å². The number of halogens is 1. The van der Waals surface area contributed by atoms with E-state index >= 15 is 0 Å². The molecule has 5 nitrogen and oxygen atoms in total. The summed E-state index contributed by atoms with van der Waals surface area (Å²) in [6.45, 7) is 1.93. The Morgan fingerprint density at radius 3 is 3.10 bits per heavy atom. The van der Waals surface area contributed by atoms with Crippen molar-refractivity contribution in [2.75, 3.05) is 33.4 Å². The molecule has 1 unspecified atom stereocenters. The summed E-state index contributed by atoms with van der Waals surface area (Å²) in [7, 11) is 1.53. The van der Waals surface area contributed by atoms with Crippen molar-refractivity contribution < 1.29 is 23.8 Å². The Hall–Kier alpha value is -1.66. The molecule has 0 radical (unpaired) electrons. The van der Waals surface area contributed by atoms with Gasteiger partial charge in [-0.3, -0.25) is 9.69 Å². The molecule has 20 heavy (non-hydrogen) atoms. The van der Waals surface area contributed by atoms with Gasteiger partial charge in [-0.25, -0.2) is 4.39 Å². The van der Waals surface area contributed by atoms with Gasteiger partial charge in [0.1, 0.15) is 11.6 Å². The van der Waals surface area contributed by atoms with E-state index in [4.69, 9.17) is 14.6 Å². The third-order valence-corrected chi connectivity index (χ3v) is 3.35. The van der Waals surface area contributed by atoms with E-state index in [0.29, 0.717) is 37.6 Å². The first-order valence-electron chi connectivity index (χ1n) is 6.45. The van der Waals surface area contributed by atoms with Gasteiger partial charge in [-0.05, 0) is 18.2 Å². The summed E-state index contributed by atoms with van der Waals surface area (Å²) in [5.41, 5.74) is 0.496. The lowest BCUT2D eigenvalue weighted by Gasteiger charge is -2.22. The standard InChI is InChI=1S/C14H18FNO4/c1-19-12-2-3-13(15)10(6-12)7-16-4-5-20-9-11(8-16)14(17)18/h2-3,6,11H,4-5,7-9H2,1H3,(H,17,18). The molecule has 1 aliphatic rings. The maximum Gasteiger partial charge on any atom is 0.310 e. The predicted molar refractivity (Wildman–Crippen MR) is 70.2 cm³/mol. The highest BCUT2D eigenvalue weighted by Crippen LogP contribution is 2.19. The van der Waals surface area contributed by atoms with Crippen molar-refractivity contribution >= 4 is 5.97 Å². The van der Waals surface area contributed by atoms with Crippen LogP contribution in [0.25, 0.3) is 0 Å². The second-order valence-electron chi connectivity index (χ2n) is 4.80. The number of aliphatic carboxylic acids is 1. The second-order valence-corrected chi connectivity index (χ2v) is 4.80. The quantitative estimate of drug-likeness (QED) is 0.904. The number of carbonyl (C=O) groups is 1. The zero-order valence-electron chi connectivity index (χ0n) is 11.3. The fraction of sp³-hybridized carbons (Fsp3) is 0.500. The van der Waals surface area contributed by atoms with Gasteiger partial charge in [0, 0.05) is 25.2 Å². The van der Waals surface area contributed by atoms with E-state index in [1.807, 2.05) is 4.90 Å². The van der Waals surface area contributed by atoms with Gasteiger partial charge in [0.15, 0.2) is 0 Å². The van der Waals surface area contributed by atoms with Crippen LogP contribution in [-0.2, 0) is 16.1 Å². The molecule has 1 N–H and O–H groups in total. The summed E-state index contributed by atoms with van der Waals surface area (Å²) >= 11 is 0. The average Bonchev–Trinajstić information content (AvgIpc) is 2.67. The van der Waals surface area contributed by atoms with Crippen LogP contribution in [-0.4, -0.2) is 49.4 Å². The summed E-state index contributed by atoms with van der Waals surface area (Å²) in [6.07, 6.45) is 0. The lowest BCUT2D eigenvalue weighted by atomic mass is 10.1. The van der Waals surface area contributed by atoms with Crippen LogP contribution in [0.15, 0.2) is 18.2 Å². The van der Waals surface area contributed by atoms with E-state index in [2.05, 4.69) is 0 Å². The fourth-order valence-electron chi connectivity index (χ4n) is 2.21. The number of ether oxygens (including phenoxy) is 2. The van der Waals surface area contributed by atoms with Gasteiger partial charge >= 0.3 is 5.97 Å². The van der Waals surface area contributed by atoms with E-state index in [0.717, 1.165) is 0 Å². The molecule has 110 valence electrons. The SMILES string of the molecule is COc1ccc(F)c(CN2CCOCC(C(=O)O)C2)c1. The Morgan fingerprint density at radius 1 is 1.60 bits per heavy atom. The van der Waals surface area contributed by atoms with E-state index in [9.17, 15) is 9.18 Å². The first-order valence-corrected chi connectivity index (χ1v) is 6.45. The smallest absolute Gasteiger partial charge is 0.310 e. The zero-order chi connectivity index (χ0) is 14.5. The molecule has 2 rings (SSSR count). The number of hydrogen-bond donors (Lipinski definition) is 1. The van der Waals surface area contributed by atoms with E-state index in [1.165, 1.54) is 13.2 Å². The monoisotopic (exact) mass is 283 g/mol. The molecule has 1 atom stereocenters. The minimum absolute atomic E-state index is 0.201. The summed E-state index contributed by atoms with van der Waals surface area (Å²) in [5.74, 6) is -1.20. The highest BCUT2D eigenvalue weighted by Gasteiger charge is 2.24. The molecule has 1 aliphatic heterocycles. The van der Waals surface area contributed by atoms with Crippen LogP contribution in [0, 0.1) is 11.7 Å². The highest BCUT2D eigenvalue weighted by molar-refractivity contribution is 5.70. The van der Waals surface area contributed by atoms with Crippen molar-refractivity contribution in [3.63, 3.8) is 0 Å². The van der Waals surface area contributed by atoms with Crippen LogP contribution in [0.3, 0.4) is 0 Å². The van der Waals surface area contributed by atoms with Crippen molar-refractivity contribution in [1.29, 1.82) is 0 Å². The molecule has 1 aromatic rings. The van der Waals surface area contributed by atoms with Gasteiger partial charge in [0.25, 0.3) is 0 Å². The average molecular weight is 283 g/mol. The topological polar surface area (TPSA) is 59.0 Å². The molecular formula is C14H18FNO4. The van der Waals surface area contributed by atoms with E-state index in [1.54, 1.807) is 12.1 Å². The molecule has 0 aromatic heterocycles. The maximum atomic E-state index is 13.8. The first-order chi connectivity index (χ1) is 9.60. The zero-order valence-corrected chi connectivity index (χ0v) is 11.3. The number of carboxylic acids is 1. The first kappa shape index (κ1) is 14.7. The number of carboxylic acid groups (broad SMARTS) is 1. The highest BCUT2D eigenvalue weighted by atomic mass is 19.1. The Morgan fingerprint density at radius 2 is 2.40 bits per heavy atom. The van der Waals surface area contributed by atoms with E-state index in [-0.39, 0.29) is 12.4 Å². The molecule has 0 bridgehead atoms. The van der Waals surface area contributed by atoms with Gasteiger partial charge in [0.05, 0.1) is 26.2 Å². The van der Waals surface area contributed by atoms with Gasteiger partial charge < -0.3 is 14.6 Å². The molecule has 0 spiro atoms. The molecule has 0 amide bonds. The van der Waals surface area contributed by atoms with E-state index < -0.39 is 11.9 Å². The molecule has 1 aromatic carbocycles. The molecule has 1 saturated heterocycles. The third kappa shape index (κ3) is 3.68. The molecule has 6 heteroatoms. The van der Waals surface area contributed by atoms with Crippen LogP contribution in [0.2, 0.25) is 0 Å². The van der Waals surface area contributed by atoms with Crippen LogP contribution in [0.4, 0.5) is 4.39 Å².